The second-order valence-corrected chi connectivity index (χ2v) is 2.76. The summed E-state index contributed by atoms with van der Waals surface area (Å²) in [5.74, 6) is -1.48. The van der Waals surface area contributed by atoms with Gasteiger partial charge in [0.2, 0.25) is 0 Å². The Bertz CT molecular complexity index is 339. The highest BCUT2D eigenvalue weighted by molar-refractivity contribution is 5.89. The number of ether oxygens (including phenoxy) is 1. The van der Waals surface area contributed by atoms with Crippen LogP contribution in [0, 0.1) is 0 Å². The van der Waals surface area contributed by atoms with Crippen molar-refractivity contribution in [2.45, 2.75) is 6.54 Å². The molecule has 0 aromatic carbocycles. The van der Waals surface area contributed by atoms with Gasteiger partial charge < -0.3 is 25.8 Å². The van der Waals surface area contributed by atoms with E-state index in [0.29, 0.717) is 6.54 Å². The summed E-state index contributed by atoms with van der Waals surface area (Å²) in [6, 6.07) is 0. The first-order valence-electron chi connectivity index (χ1n) is 4.82. The quantitative estimate of drug-likeness (QED) is 0.465. The average Bonchev–Trinajstić information content (AvgIpc) is 2.71. The molecule has 9 heteroatoms. The molecule has 0 spiro atoms. The van der Waals surface area contributed by atoms with E-state index in [1.165, 1.54) is 0 Å². The SMILES string of the molecule is COC(=O)c1nnn(CCO)c1[O-].[NH3+]CCO. The Morgan fingerprint density at radius 2 is 2.12 bits per heavy atom. The average molecular weight is 248 g/mol. The van der Waals surface area contributed by atoms with Crippen molar-refractivity contribution in [3.05, 3.63) is 5.69 Å². The van der Waals surface area contributed by atoms with Crippen LogP contribution in [-0.4, -0.2) is 58.0 Å². The lowest BCUT2D eigenvalue weighted by Crippen LogP contribution is -2.51. The van der Waals surface area contributed by atoms with Gasteiger partial charge >= 0.3 is 5.97 Å². The lowest BCUT2D eigenvalue weighted by atomic mass is 10.4. The molecule has 0 bridgehead atoms. The van der Waals surface area contributed by atoms with Crippen LogP contribution in [0.25, 0.3) is 0 Å². The summed E-state index contributed by atoms with van der Waals surface area (Å²) in [6.07, 6.45) is 0. The Hall–Kier alpha value is -1.71. The molecule has 9 nitrogen and oxygen atoms in total. The van der Waals surface area contributed by atoms with E-state index in [9.17, 15) is 9.90 Å². The summed E-state index contributed by atoms with van der Waals surface area (Å²) in [5, 5.41) is 34.2. The maximum absolute atomic E-state index is 11.2. The molecule has 0 saturated carbocycles. The highest BCUT2D eigenvalue weighted by atomic mass is 16.5. The van der Waals surface area contributed by atoms with E-state index >= 15 is 0 Å². The number of aliphatic hydroxyl groups excluding tert-OH is 2. The summed E-state index contributed by atoms with van der Waals surface area (Å²) in [5.41, 5.74) is 2.99. The van der Waals surface area contributed by atoms with Gasteiger partial charge in [-0.05, 0) is 0 Å². The van der Waals surface area contributed by atoms with Gasteiger partial charge in [-0.2, -0.15) is 0 Å². The number of carbonyl (C=O) groups excluding carboxylic acids is 1. The van der Waals surface area contributed by atoms with E-state index in [1.54, 1.807) is 0 Å². The molecule has 0 unspecified atom stereocenters. The van der Waals surface area contributed by atoms with Crippen LogP contribution in [0.15, 0.2) is 0 Å². The van der Waals surface area contributed by atoms with Gasteiger partial charge in [0, 0.05) is 5.88 Å². The molecule has 0 aliphatic heterocycles. The van der Waals surface area contributed by atoms with E-state index < -0.39 is 11.8 Å². The third-order valence-electron chi connectivity index (χ3n) is 1.54. The zero-order valence-corrected chi connectivity index (χ0v) is 9.50. The summed E-state index contributed by atoms with van der Waals surface area (Å²) in [7, 11) is 1.15. The number of quaternary nitrogens is 1. The molecule has 0 fully saturated rings. The maximum Gasteiger partial charge on any atom is 0.359 e. The second kappa shape index (κ2) is 8.44. The van der Waals surface area contributed by atoms with E-state index in [2.05, 4.69) is 20.8 Å². The van der Waals surface area contributed by atoms with Crippen LogP contribution in [-0.2, 0) is 11.3 Å². The maximum atomic E-state index is 11.2. The van der Waals surface area contributed by atoms with Crippen LogP contribution in [0.4, 0.5) is 0 Å². The van der Waals surface area contributed by atoms with Gasteiger partial charge in [0.05, 0.1) is 33.4 Å². The van der Waals surface area contributed by atoms with Gasteiger partial charge in [-0.1, -0.05) is 5.21 Å². The Morgan fingerprint density at radius 3 is 2.53 bits per heavy atom. The molecule has 0 amide bonds. The topological polar surface area (TPSA) is 148 Å². The first kappa shape index (κ1) is 15.3. The fraction of sp³-hybridized carbons (Fsp3) is 0.625. The van der Waals surface area contributed by atoms with E-state index in [0.717, 1.165) is 11.8 Å². The largest absolute Gasteiger partial charge is 0.857 e. The van der Waals surface area contributed by atoms with Crippen LogP contribution in [0.1, 0.15) is 10.5 Å². The van der Waals surface area contributed by atoms with E-state index in [-0.39, 0.29) is 25.5 Å². The van der Waals surface area contributed by atoms with Gasteiger partial charge in [0.15, 0.2) is 5.69 Å². The van der Waals surface area contributed by atoms with Crippen molar-refractivity contribution in [3.8, 4) is 5.88 Å². The van der Waals surface area contributed by atoms with Crippen molar-refractivity contribution in [2.24, 2.45) is 0 Å². The number of hydrogen-bond donors (Lipinski definition) is 3. The number of esters is 1. The molecule has 0 aliphatic rings. The molecule has 1 aromatic rings. The zero-order chi connectivity index (χ0) is 13.3. The highest BCUT2D eigenvalue weighted by Crippen LogP contribution is 2.09. The fourth-order valence-electron chi connectivity index (χ4n) is 0.770. The first-order valence-corrected chi connectivity index (χ1v) is 4.82. The second-order valence-electron chi connectivity index (χ2n) is 2.76. The number of methoxy groups -OCH3 is 1. The zero-order valence-electron chi connectivity index (χ0n) is 9.50. The molecule has 0 aliphatic carbocycles. The molecular formula is C8H16N4O5. The number of aliphatic hydroxyl groups is 2. The van der Waals surface area contributed by atoms with Gasteiger partial charge in [-0.15, -0.1) is 5.10 Å². The number of aromatic nitrogens is 3. The third kappa shape index (κ3) is 4.76. The molecular weight excluding hydrogens is 232 g/mol. The van der Waals surface area contributed by atoms with Crippen molar-refractivity contribution in [1.29, 1.82) is 0 Å². The van der Waals surface area contributed by atoms with Gasteiger partial charge in [-0.25, -0.2) is 4.79 Å². The molecule has 98 valence electrons. The van der Waals surface area contributed by atoms with Gasteiger partial charge in [0.1, 0.15) is 0 Å². The summed E-state index contributed by atoms with van der Waals surface area (Å²) in [4.78, 5) is 10.9. The minimum absolute atomic E-state index is 0.0167. The van der Waals surface area contributed by atoms with Crippen molar-refractivity contribution in [3.63, 3.8) is 0 Å². The molecule has 1 heterocycles. The number of hydrogen-bond acceptors (Lipinski definition) is 7. The monoisotopic (exact) mass is 248 g/mol. The minimum Gasteiger partial charge on any atom is -0.857 e. The molecule has 5 N–H and O–H groups in total. The van der Waals surface area contributed by atoms with Crippen LogP contribution in [0.3, 0.4) is 0 Å². The normalized spacial score (nSPS) is 9.41. The van der Waals surface area contributed by atoms with Crippen molar-refractivity contribution < 1.29 is 30.6 Å². The summed E-state index contributed by atoms with van der Waals surface area (Å²) < 4.78 is 5.19. The van der Waals surface area contributed by atoms with Crippen molar-refractivity contribution in [2.75, 3.05) is 26.9 Å². The highest BCUT2D eigenvalue weighted by Gasteiger charge is 2.12. The molecule has 17 heavy (non-hydrogen) atoms. The lowest BCUT2D eigenvalue weighted by molar-refractivity contribution is -0.372. The van der Waals surface area contributed by atoms with Crippen LogP contribution in [0.2, 0.25) is 0 Å². The Morgan fingerprint density at radius 1 is 1.53 bits per heavy atom. The smallest absolute Gasteiger partial charge is 0.359 e. The van der Waals surface area contributed by atoms with Gasteiger partial charge in [0.25, 0.3) is 0 Å². The Balaban J connectivity index is 0.000000557. The predicted octanol–water partition coefficient (Wildman–Crippen LogP) is -3.65. The predicted molar refractivity (Wildman–Crippen MR) is 52.7 cm³/mol. The Labute approximate surface area is 97.4 Å². The number of nitrogens with zero attached hydrogens (tertiary/aromatic N) is 3. The third-order valence-corrected chi connectivity index (χ3v) is 1.54. The van der Waals surface area contributed by atoms with Crippen LogP contribution in [0.5, 0.6) is 5.88 Å². The minimum atomic E-state index is -0.825. The van der Waals surface area contributed by atoms with Crippen LogP contribution < -0.4 is 10.8 Å². The molecule has 1 aromatic heterocycles. The van der Waals surface area contributed by atoms with Gasteiger partial charge in [-0.3, -0.25) is 4.68 Å². The fourth-order valence-corrected chi connectivity index (χ4v) is 0.770. The Kier molecular flexibility index (Phi) is 7.59. The summed E-state index contributed by atoms with van der Waals surface area (Å²) in [6.45, 7) is 0.613. The number of carbonyl (C=O) groups is 1. The number of rotatable bonds is 4. The molecule has 0 saturated heterocycles. The van der Waals surface area contributed by atoms with Crippen molar-refractivity contribution >= 4 is 5.97 Å². The van der Waals surface area contributed by atoms with Crippen molar-refractivity contribution in [1.82, 2.24) is 15.0 Å². The van der Waals surface area contributed by atoms with E-state index in [1.807, 2.05) is 0 Å². The van der Waals surface area contributed by atoms with Crippen LogP contribution >= 0.6 is 0 Å². The first-order chi connectivity index (χ1) is 8.12. The lowest BCUT2D eigenvalue weighted by Gasteiger charge is -2.08. The molecule has 0 radical (unpaired) electrons. The summed E-state index contributed by atoms with van der Waals surface area (Å²) >= 11 is 0. The van der Waals surface area contributed by atoms with E-state index in [4.69, 9.17) is 10.2 Å². The molecule has 1 rings (SSSR count). The molecule has 0 atom stereocenters. The standard InChI is InChI=1S/C6H9N3O4.C2H7NO/c1-13-6(12)4-5(11)9(2-3-10)8-7-4;3-1-2-4/h10-11H,2-3H2,1H3;4H,1-3H2.